The first-order valence-corrected chi connectivity index (χ1v) is 11.4. The second-order valence-electron chi connectivity index (χ2n) is 8.67. The van der Waals surface area contributed by atoms with Gasteiger partial charge < -0.3 is 19.3 Å². The fraction of sp³-hybridized carbons (Fsp3) is 0.542. The molecule has 3 aliphatic heterocycles. The zero-order valence-corrected chi connectivity index (χ0v) is 17.9. The number of fused-ring (bicyclic) bond motifs is 1. The van der Waals surface area contributed by atoms with E-state index in [2.05, 4.69) is 17.1 Å². The second-order valence-corrected chi connectivity index (χ2v) is 8.67. The maximum Gasteiger partial charge on any atom is 0.321 e. The lowest BCUT2D eigenvalue weighted by Crippen LogP contribution is -2.51. The zero-order chi connectivity index (χ0) is 21.0. The first kappa shape index (κ1) is 20.4. The second kappa shape index (κ2) is 9.32. The molecule has 2 aromatic rings. The number of urea groups is 1. The summed E-state index contributed by atoms with van der Waals surface area (Å²) in [6, 6.07) is 10.2. The van der Waals surface area contributed by atoms with E-state index in [-0.39, 0.29) is 12.1 Å². The normalized spacial score (nSPS) is 22.3. The van der Waals surface area contributed by atoms with Crippen LogP contribution >= 0.6 is 0 Å². The Morgan fingerprint density at radius 3 is 2.74 bits per heavy atom. The minimum Gasteiger partial charge on any atom is -0.381 e. The third kappa shape index (κ3) is 4.57. The smallest absolute Gasteiger partial charge is 0.321 e. The topological polar surface area (TPSA) is 67.8 Å². The third-order valence-electron chi connectivity index (χ3n) is 6.64. The molecular formula is C24H30N4O3. The predicted octanol–water partition coefficient (Wildman–Crippen LogP) is 3.00. The standard InChI is InChI=1S/C24H30N4O3/c29-24(28-10-13-31-17-22(28)19-4-2-1-3-5-19)27-9-6-20-15-25-23(26-21(20)16-27)14-18-7-11-30-12-8-18/h1-5,15,18,22H,6-14,16-17H2. The molecule has 31 heavy (non-hydrogen) atoms. The Hall–Kier alpha value is -2.51. The summed E-state index contributed by atoms with van der Waals surface area (Å²) in [5.74, 6) is 1.49. The Labute approximate surface area is 183 Å². The van der Waals surface area contributed by atoms with Crippen molar-refractivity contribution in [3.05, 3.63) is 59.2 Å². The molecule has 1 aromatic heterocycles. The van der Waals surface area contributed by atoms with Crippen LogP contribution in [0.25, 0.3) is 0 Å². The minimum atomic E-state index is -0.0432. The van der Waals surface area contributed by atoms with Gasteiger partial charge in [0.05, 0.1) is 31.5 Å². The van der Waals surface area contributed by atoms with Gasteiger partial charge in [0.2, 0.25) is 0 Å². The molecule has 1 atom stereocenters. The number of nitrogens with zero attached hydrogens (tertiary/aromatic N) is 4. The van der Waals surface area contributed by atoms with Gasteiger partial charge in [-0.25, -0.2) is 14.8 Å². The molecule has 3 aliphatic rings. The number of ether oxygens (including phenoxy) is 2. The summed E-state index contributed by atoms with van der Waals surface area (Å²) in [6.07, 6.45) is 5.81. The maximum absolute atomic E-state index is 13.5. The Bertz CT molecular complexity index is 901. The van der Waals surface area contributed by atoms with Crippen LogP contribution in [0.2, 0.25) is 0 Å². The summed E-state index contributed by atoms with van der Waals surface area (Å²) >= 11 is 0. The van der Waals surface area contributed by atoms with Crippen molar-refractivity contribution in [2.24, 2.45) is 5.92 Å². The van der Waals surface area contributed by atoms with E-state index in [1.54, 1.807) is 0 Å². The number of aromatic nitrogens is 2. The molecule has 7 nitrogen and oxygen atoms in total. The number of hydrogen-bond donors (Lipinski definition) is 0. The molecule has 0 saturated carbocycles. The molecule has 2 fully saturated rings. The number of morpholine rings is 1. The van der Waals surface area contributed by atoms with Crippen molar-refractivity contribution in [2.75, 3.05) is 39.5 Å². The van der Waals surface area contributed by atoms with E-state index < -0.39 is 0 Å². The lowest BCUT2D eigenvalue weighted by molar-refractivity contribution is 0.00207. The van der Waals surface area contributed by atoms with Gasteiger partial charge in [0, 0.05) is 38.9 Å². The van der Waals surface area contributed by atoms with Gasteiger partial charge in [-0.3, -0.25) is 0 Å². The van der Waals surface area contributed by atoms with Crippen molar-refractivity contribution in [1.29, 1.82) is 0 Å². The molecule has 164 valence electrons. The van der Waals surface area contributed by atoms with Gasteiger partial charge in [0.15, 0.2) is 0 Å². The molecule has 2 amide bonds. The largest absolute Gasteiger partial charge is 0.381 e. The molecule has 1 aromatic carbocycles. The average Bonchev–Trinajstić information content (AvgIpc) is 2.84. The van der Waals surface area contributed by atoms with E-state index in [9.17, 15) is 4.79 Å². The van der Waals surface area contributed by atoms with Crippen LogP contribution in [0, 0.1) is 5.92 Å². The SMILES string of the molecule is O=C(N1CCc2cnc(CC3CCOCC3)nc2C1)N1CCOCC1c1ccccc1. The van der Waals surface area contributed by atoms with Gasteiger partial charge >= 0.3 is 6.03 Å². The van der Waals surface area contributed by atoms with E-state index in [0.29, 0.717) is 38.8 Å². The van der Waals surface area contributed by atoms with Crippen LogP contribution in [-0.2, 0) is 28.9 Å². The van der Waals surface area contributed by atoms with E-state index in [0.717, 1.165) is 56.0 Å². The molecule has 0 bridgehead atoms. The highest BCUT2D eigenvalue weighted by Gasteiger charge is 2.33. The van der Waals surface area contributed by atoms with E-state index in [1.165, 1.54) is 5.56 Å². The summed E-state index contributed by atoms with van der Waals surface area (Å²) in [5.41, 5.74) is 3.29. The Balaban J connectivity index is 1.29. The number of hydrogen-bond acceptors (Lipinski definition) is 5. The van der Waals surface area contributed by atoms with Gasteiger partial charge in [-0.15, -0.1) is 0 Å². The summed E-state index contributed by atoms with van der Waals surface area (Å²) in [7, 11) is 0. The summed E-state index contributed by atoms with van der Waals surface area (Å²) in [6.45, 7) is 4.65. The van der Waals surface area contributed by atoms with Crippen molar-refractivity contribution in [3.63, 3.8) is 0 Å². The van der Waals surface area contributed by atoms with Crippen molar-refractivity contribution >= 4 is 6.03 Å². The van der Waals surface area contributed by atoms with E-state index in [1.807, 2.05) is 34.2 Å². The highest BCUT2D eigenvalue weighted by atomic mass is 16.5. The molecule has 1 unspecified atom stereocenters. The van der Waals surface area contributed by atoms with Crippen LogP contribution in [0.4, 0.5) is 4.79 Å². The molecule has 5 rings (SSSR count). The number of rotatable bonds is 3. The first-order valence-electron chi connectivity index (χ1n) is 11.4. The van der Waals surface area contributed by atoms with Crippen molar-refractivity contribution in [2.45, 2.75) is 38.3 Å². The average molecular weight is 423 g/mol. The zero-order valence-electron chi connectivity index (χ0n) is 17.9. The number of carbonyl (C=O) groups is 1. The van der Waals surface area contributed by atoms with Gasteiger partial charge in [-0.2, -0.15) is 0 Å². The van der Waals surface area contributed by atoms with Gasteiger partial charge in [0.1, 0.15) is 5.82 Å². The molecule has 7 heteroatoms. The van der Waals surface area contributed by atoms with Crippen LogP contribution in [-0.4, -0.2) is 65.3 Å². The summed E-state index contributed by atoms with van der Waals surface area (Å²) < 4.78 is 11.2. The Kier molecular flexibility index (Phi) is 6.13. The van der Waals surface area contributed by atoms with Gasteiger partial charge in [-0.05, 0) is 36.3 Å². The van der Waals surface area contributed by atoms with Gasteiger partial charge in [0.25, 0.3) is 0 Å². The summed E-state index contributed by atoms with van der Waals surface area (Å²) in [4.78, 5) is 26.9. The van der Waals surface area contributed by atoms with Crippen molar-refractivity contribution in [3.8, 4) is 0 Å². The fourth-order valence-corrected chi connectivity index (χ4v) is 4.78. The maximum atomic E-state index is 13.5. The van der Waals surface area contributed by atoms with Crippen LogP contribution in [0.5, 0.6) is 0 Å². The number of carbonyl (C=O) groups excluding carboxylic acids is 1. The molecule has 0 aliphatic carbocycles. The molecule has 0 radical (unpaired) electrons. The van der Waals surface area contributed by atoms with Crippen LogP contribution < -0.4 is 0 Å². The quantitative estimate of drug-likeness (QED) is 0.761. The molecule has 0 N–H and O–H groups in total. The Morgan fingerprint density at radius 2 is 1.90 bits per heavy atom. The van der Waals surface area contributed by atoms with Crippen molar-refractivity contribution in [1.82, 2.24) is 19.8 Å². The predicted molar refractivity (Wildman–Crippen MR) is 115 cm³/mol. The van der Waals surface area contributed by atoms with E-state index >= 15 is 0 Å². The van der Waals surface area contributed by atoms with Crippen molar-refractivity contribution < 1.29 is 14.3 Å². The Morgan fingerprint density at radius 1 is 1.06 bits per heavy atom. The van der Waals surface area contributed by atoms with Crippen LogP contribution in [0.15, 0.2) is 36.5 Å². The van der Waals surface area contributed by atoms with E-state index in [4.69, 9.17) is 14.5 Å². The summed E-state index contributed by atoms with van der Waals surface area (Å²) in [5, 5.41) is 0. The highest BCUT2D eigenvalue weighted by molar-refractivity contribution is 5.75. The van der Waals surface area contributed by atoms with Crippen LogP contribution in [0.3, 0.4) is 0 Å². The number of benzene rings is 1. The molecule has 2 saturated heterocycles. The monoisotopic (exact) mass is 422 g/mol. The minimum absolute atomic E-state index is 0.0432. The van der Waals surface area contributed by atoms with Crippen LogP contribution in [0.1, 0.15) is 41.5 Å². The third-order valence-corrected chi connectivity index (χ3v) is 6.64. The highest BCUT2D eigenvalue weighted by Crippen LogP contribution is 2.27. The lowest BCUT2D eigenvalue weighted by Gasteiger charge is -2.40. The molecule has 0 spiro atoms. The molecular weight excluding hydrogens is 392 g/mol. The first-order chi connectivity index (χ1) is 15.3. The lowest BCUT2D eigenvalue weighted by atomic mass is 9.96. The molecule has 4 heterocycles. The van der Waals surface area contributed by atoms with Gasteiger partial charge in [-0.1, -0.05) is 30.3 Å². The number of amides is 2. The fourth-order valence-electron chi connectivity index (χ4n) is 4.78.